The fourth-order valence-corrected chi connectivity index (χ4v) is 4.97. The molecule has 0 N–H and O–H groups in total. The maximum Gasteiger partial charge on any atom is 0.236 e. The van der Waals surface area contributed by atoms with Gasteiger partial charge in [0.15, 0.2) is 0 Å². The van der Waals surface area contributed by atoms with Gasteiger partial charge in [0.1, 0.15) is 0 Å². The normalized spacial score (nSPS) is 22.6. The predicted molar refractivity (Wildman–Crippen MR) is 102 cm³/mol. The zero-order valence-corrected chi connectivity index (χ0v) is 16.2. The second-order valence-corrected chi connectivity index (χ2v) is 7.88. The Balaban J connectivity index is 1.47. The molecule has 4 rings (SSSR count). The minimum Gasteiger partial charge on any atom is -0.378 e. The van der Waals surface area contributed by atoms with Crippen molar-refractivity contribution in [1.29, 1.82) is 0 Å². The molecule has 2 amide bonds. The van der Waals surface area contributed by atoms with Gasteiger partial charge in [-0.3, -0.25) is 14.5 Å². The van der Waals surface area contributed by atoms with Crippen molar-refractivity contribution >= 4 is 11.8 Å². The van der Waals surface area contributed by atoms with Crippen LogP contribution in [0.3, 0.4) is 0 Å². The van der Waals surface area contributed by atoms with Crippen LogP contribution in [-0.4, -0.2) is 79.0 Å². The zero-order valence-electron chi connectivity index (χ0n) is 16.2. The third kappa shape index (κ3) is 3.48. The SMILES string of the molecule is CC(=O)N1CCc2ccccc2C12CCN(CC(=O)N1CCOCC1)CC2. The fourth-order valence-electron chi connectivity index (χ4n) is 4.97. The largest absolute Gasteiger partial charge is 0.378 e. The van der Waals surface area contributed by atoms with Gasteiger partial charge in [-0.15, -0.1) is 0 Å². The Morgan fingerprint density at radius 3 is 2.44 bits per heavy atom. The summed E-state index contributed by atoms with van der Waals surface area (Å²) in [6.45, 7) is 7.30. The molecule has 0 unspecified atom stereocenters. The van der Waals surface area contributed by atoms with E-state index in [1.165, 1.54) is 11.1 Å². The summed E-state index contributed by atoms with van der Waals surface area (Å²) >= 11 is 0. The van der Waals surface area contributed by atoms with Crippen molar-refractivity contribution in [2.24, 2.45) is 0 Å². The Kier molecular flexibility index (Phi) is 5.19. The van der Waals surface area contributed by atoms with Gasteiger partial charge in [-0.1, -0.05) is 24.3 Å². The lowest BCUT2D eigenvalue weighted by Gasteiger charge is -2.52. The van der Waals surface area contributed by atoms with E-state index in [1.54, 1.807) is 6.92 Å². The number of carbonyl (C=O) groups is 2. The molecule has 27 heavy (non-hydrogen) atoms. The molecule has 0 aliphatic carbocycles. The van der Waals surface area contributed by atoms with E-state index in [0.717, 1.165) is 38.9 Å². The quantitative estimate of drug-likeness (QED) is 0.785. The number of morpholine rings is 1. The van der Waals surface area contributed by atoms with Gasteiger partial charge in [-0.2, -0.15) is 0 Å². The molecule has 3 aliphatic heterocycles. The minimum absolute atomic E-state index is 0.155. The van der Waals surface area contributed by atoms with E-state index in [1.807, 2.05) is 4.90 Å². The third-order valence-electron chi connectivity index (χ3n) is 6.43. The van der Waals surface area contributed by atoms with Crippen molar-refractivity contribution in [2.75, 3.05) is 52.5 Å². The number of piperidine rings is 1. The predicted octanol–water partition coefficient (Wildman–Crippen LogP) is 1.24. The van der Waals surface area contributed by atoms with Crippen LogP contribution in [0.2, 0.25) is 0 Å². The monoisotopic (exact) mass is 371 g/mol. The molecule has 0 bridgehead atoms. The van der Waals surface area contributed by atoms with Gasteiger partial charge in [-0.25, -0.2) is 0 Å². The maximum absolute atomic E-state index is 12.6. The van der Waals surface area contributed by atoms with Gasteiger partial charge in [0.2, 0.25) is 11.8 Å². The first-order valence-electron chi connectivity index (χ1n) is 10.0. The lowest BCUT2D eigenvalue weighted by molar-refractivity contribution is -0.142. The molecule has 6 nitrogen and oxygen atoms in total. The molecule has 3 heterocycles. The zero-order chi connectivity index (χ0) is 18.9. The van der Waals surface area contributed by atoms with Gasteiger partial charge in [0, 0.05) is 39.6 Å². The Hall–Kier alpha value is -1.92. The Morgan fingerprint density at radius 1 is 1.04 bits per heavy atom. The summed E-state index contributed by atoms with van der Waals surface area (Å²) in [5.74, 6) is 0.351. The summed E-state index contributed by atoms with van der Waals surface area (Å²) in [5, 5.41) is 0. The molecule has 0 radical (unpaired) electrons. The number of hydrogen-bond acceptors (Lipinski definition) is 4. The van der Waals surface area contributed by atoms with Gasteiger partial charge in [0.05, 0.1) is 25.3 Å². The van der Waals surface area contributed by atoms with Crippen LogP contribution in [-0.2, 0) is 26.3 Å². The van der Waals surface area contributed by atoms with Gasteiger partial charge >= 0.3 is 0 Å². The molecule has 3 aliphatic rings. The summed E-state index contributed by atoms with van der Waals surface area (Å²) in [6.07, 6.45) is 2.71. The highest BCUT2D eigenvalue weighted by Crippen LogP contribution is 2.43. The molecule has 2 fully saturated rings. The third-order valence-corrected chi connectivity index (χ3v) is 6.43. The first-order valence-corrected chi connectivity index (χ1v) is 10.0. The summed E-state index contributed by atoms with van der Waals surface area (Å²) in [7, 11) is 0. The van der Waals surface area contributed by atoms with E-state index < -0.39 is 0 Å². The molecule has 2 saturated heterocycles. The van der Waals surface area contributed by atoms with Crippen molar-refractivity contribution in [3.63, 3.8) is 0 Å². The van der Waals surface area contributed by atoms with Crippen LogP contribution in [0.25, 0.3) is 0 Å². The molecule has 0 aromatic heterocycles. The highest BCUT2D eigenvalue weighted by atomic mass is 16.5. The number of benzene rings is 1. The molecule has 1 spiro atoms. The number of likely N-dealkylation sites (tertiary alicyclic amines) is 1. The van der Waals surface area contributed by atoms with Crippen LogP contribution in [0.4, 0.5) is 0 Å². The topological polar surface area (TPSA) is 53.1 Å². The molecule has 1 aromatic rings. The summed E-state index contributed by atoms with van der Waals surface area (Å²) in [4.78, 5) is 31.2. The smallest absolute Gasteiger partial charge is 0.236 e. The fraction of sp³-hybridized carbons (Fsp3) is 0.619. The number of carbonyl (C=O) groups excluding carboxylic acids is 2. The van der Waals surface area contributed by atoms with Crippen molar-refractivity contribution in [1.82, 2.24) is 14.7 Å². The van der Waals surface area contributed by atoms with Gasteiger partial charge in [0.25, 0.3) is 0 Å². The second-order valence-electron chi connectivity index (χ2n) is 7.88. The van der Waals surface area contributed by atoms with Crippen LogP contribution in [0.15, 0.2) is 24.3 Å². The van der Waals surface area contributed by atoms with Crippen molar-refractivity contribution in [2.45, 2.75) is 31.7 Å². The Morgan fingerprint density at radius 2 is 1.74 bits per heavy atom. The highest BCUT2D eigenvalue weighted by Gasteiger charge is 2.46. The van der Waals surface area contributed by atoms with Crippen molar-refractivity contribution in [3.05, 3.63) is 35.4 Å². The standard InChI is InChI=1S/C21H29N3O3/c1-17(25)24-9-6-18-4-2-3-5-19(18)21(24)7-10-22(11-8-21)16-20(26)23-12-14-27-15-13-23/h2-5H,6-16H2,1H3. The number of hydrogen-bond donors (Lipinski definition) is 0. The van der Waals surface area contributed by atoms with Gasteiger partial charge < -0.3 is 14.5 Å². The summed E-state index contributed by atoms with van der Waals surface area (Å²) in [5.41, 5.74) is 2.47. The summed E-state index contributed by atoms with van der Waals surface area (Å²) < 4.78 is 5.34. The van der Waals surface area contributed by atoms with Crippen LogP contribution in [0.1, 0.15) is 30.9 Å². The van der Waals surface area contributed by atoms with E-state index in [-0.39, 0.29) is 17.4 Å². The number of rotatable bonds is 2. The van der Waals surface area contributed by atoms with E-state index in [0.29, 0.717) is 32.8 Å². The number of fused-ring (bicyclic) bond motifs is 2. The molecular weight excluding hydrogens is 342 g/mol. The van der Waals surface area contributed by atoms with Crippen LogP contribution in [0, 0.1) is 0 Å². The first-order chi connectivity index (χ1) is 13.1. The molecule has 6 heteroatoms. The Labute approximate surface area is 161 Å². The molecular formula is C21H29N3O3. The lowest BCUT2D eigenvalue weighted by atomic mass is 9.74. The first kappa shape index (κ1) is 18.4. The second kappa shape index (κ2) is 7.60. The van der Waals surface area contributed by atoms with Gasteiger partial charge in [-0.05, 0) is 30.4 Å². The summed E-state index contributed by atoms with van der Waals surface area (Å²) in [6, 6.07) is 8.56. The molecule has 1 aromatic carbocycles. The maximum atomic E-state index is 12.6. The van der Waals surface area contributed by atoms with E-state index in [2.05, 4.69) is 34.1 Å². The van der Waals surface area contributed by atoms with E-state index in [4.69, 9.17) is 4.74 Å². The minimum atomic E-state index is -0.209. The van der Waals surface area contributed by atoms with Crippen molar-refractivity contribution < 1.29 is 14.3 Å². The molecule has 0 atom stereocenters. The molecule has 0 saturated carbocycles. The van der Waals surface area contributed by atoms with Crippen LogP contribution < -0.4 is 0 Å². The number of amides is 2. The Bertz CT molecular complexity index is 706. The van der Waals surface area contributed by atoms with E-state index in [9.17, 15) is 9.59 Å². The lowest BCUT2D eigenvalue weighted by Crippen LogP contribution is -2.58. The van der Waals surface area contributed by atoms with Crippen LogP contribution in [0.5, 0.6) is 0 Å². The average Bonchev–Trinajstić information content (AvgIpc) is 2.70. The van der Waals surface area contributed by atoms with E-state index >= 15 is 0 Å². The average molecular weight is 371 g/mol. The highest BCUT2D eigenvalue weighted by molar-refractivity contribution is 5.78. The molecule has 146 valence electrons. The number of ether oxygens (including phenoxy) is 1. The van der Waals surface area contributed by atoms with Crippen molar-refractivity contribution in [3.8, 4) is 0 Å². The van der Waals surface area contributed by atoms with Crippen LogP contribution >= 0.6 is 0 Å². The number of nitrogens with zero attached hydrogens (tertiary/aromatic N) is 3.